The minimum Gasteiger partial charge on any atom is -0.496 e. The van der Waals surface area contributed by atoms with Gasteiger partial charge in [-0.3, -0.25) is 0 Å². The summed E-state index contributed by atoms with van der Waals surface area (Å²) in [5.41, 5.74) is 9.21. The lowest BCUT2D eigenvalue weighted by molar-refractivity contribution is 0.404. The smallest absolute Gasteiger partial charge is 0.122 e. The van der Waals surface area contributed by atoms with Crippen molar-refractivity contribution in [2.45, 2.75) is 25.2 Å². The van der Waals surface area contributed by atoms with Gasteiger partial charge >= 0.3 is 0 Å². The molecule has 80 valence electrons. The van der Waals surface area contributed by atoms with Gasteiger partial charge in [-0.15, -0.1) is 0 Å². The van der Waals surface area contributed by atoms with Gasteiger partial charge in [0.05, 0.1) is 7.11 Å². The molecule has 1 atom stereocenters. The molecule has 0 radical (unpaired) electrons. The molecule has 1 aromatic carbocycles. The maximum atomic E-state index is 5.84. The average Bonchev–Trinajstić information content (AvgIpc) is 2.27. The second-order valence-electron chi connectivity index (χ2n) is 4.05. The number of allylic oxidation sites excluding steroid dienone is 1. The monoisotopic (exact) mass is 203 g/mol. The van der Waals surface area contributed by atoms with Crippen molar-refractivity contribution < 1.29 is 4.74 Å². The number of methoxy groups -OCH3 is 1. The van der Waals surface area contributed by atoms with E-state index >= 15 is 0 Å². The topological polar surface area (TPSA) is 35.2 Å². The van der Waals surface area contributed by atoms with Crippen LogP contribution in [0.3, 0.4) is 0 Å². The summed E-state index contributed by atoms with van der Waals surface area (Å²) in [5, 5.41) is 0. The first kappa shape index (κ1) is 10.1. The predicted molar refractivity (Wildman–Crippen MR) is 62.0 cm³/mol. The van der Waals surface area contributed by atoms with Crippen LogP contribution in [-0.4, -0.2) is 7.11 Å². The molecule has 1 aromatic rings. The third-order valence-corrected chi connectivity index (χ3v) is 3.13. The average molecular weight is 203 g/mol. The van der Waals surface area contributed by atoms with Gasteiger partial charge in [-0.05, 0) is 36.5 Å². The summed E-state index contributed by atoms with van der Waals surface area (Å²) in [6.07, 6.45) is 3.35. The van der Waals surface area contributed by atoms with Gasteiger partial charge in [-0.2, -0.15) is 0 Å². The maximum absolute atomic E-state index is 5.84. The quantitative estimate of drug-likeness (QED) is 0.801. The van der Waals surface area contributed by atoms with Gasteiger partial charge in [0.15, 0.2) is 0 Å². The lowest BCUT2D eigenvalue weighted by Gasteiger charge is -2.26. The Bertz CT molecular complexity index is 384. The highest BCUT2D eigenvalue weighted by atomic mass is 16.5. The zero-order chi connectivity index (χ0) is 10.8. The Kier molecular flexibility index (Phi) is 2.67. The predicted octanol–water partition coefficient (Wildman–Crippen LogP) is 2.59. The van der Waals surface area contributed by atoms with Crippen molar-refractivity contribution in [3.8, 4) is 5.75 Å². The Morgan fingerprint density at radius 2 is 2.33 bits per heavy atom. The normalized spacial score (nSPS) is 19.4. The van der Waals surface area contributed by atoms with E-state index in [0.29, 0.717) is 5.92 Å². The van der Waals surface area contributed by atoms with Crippen molar-refractivity contribution in [3.05, 3.63) is 41.6 Å². The molecule has 1 aliphatic carbocycles. The van der Waals surface area contributed by atoms with Crippen molar-refractivity contribution in [2.75, 3.05) is 7.11 Å². The van der Waals surface area contributed by atoms with Crippen LogP contribution in [0.15, 0.2) is 30.5 Å². The molecule has 2 rings (SSSR count). The number of ether oxygens (including phenoxy) is 1. The van der Waals surface area contributed by atoms with E-state index in [0.717, 1.165) is 30.7 Å². The summed E-state index contributed by atoms with van der Waals surface area (Å²) in [4.78, 5) is 0. The number of rotatable bonds is 2. The molecule has 1 unspecified atom stereocenters. The molecular formula is C13H17NO. The van der Waals surface area contributed by atoms with Gasteiger partial charge in [0.25, 0.3) is 0 Å². The molecule has 0 aromatic heterocycles. The van der Waals surface area contributed by atoms with Crippen LogP contribution in [0.4, 0.5) is 0 Å². The Hall–Kier alpha value is -1.44. The van der Waals surface area contributed by atoms with Gasteiger partial charge < -0.3 is 10.5 Å². The van der Waals surface area contributed by atoms with Crippen LogP contribution in [0.1, 0.15) is 29.9 Å². The molecule has 2 heteroatoms. The van der Waals surface area contributed by atoms with Crippen LogP contribution in [0.2, 0.25) is 0 Å². The fourth-order valence-electron chi connectivity index (χ4n) is 2.39. The maximum Gasteiger partial charge on any atom is 0.122 e. The van der Waals surface area contributed by atoms with Crippen molar-refractivity contribution in [1.82, 2.24) is 0 Å². The summed E-state index contributed by atoms with van der Waals surface area (Å²) in [6, 6.07) is 6.18. The van der Waals surface area contributed by atoms with E-state index in [1.54, 1.807) is 7.11 Å². The summed E-state index contributed by atoms with van der Waals surface area (Å²) in [7, 11) is 1.72. The number of nitrogens with two attached hydrogens (primary N) is 1. The minimum absolute atomic E-state index is 0.309. The first-order valence-corrected chi connectivity index (χ1v) is 5.34. The van der Waals surface area contributed by atoms with E-state index < -0.39 is 0 Å². The zero-order valence-corrected chi connectivity index (χ0v) is 9.12. The van der Waals surface area contributed by atoms with Crippen LogP contribution < -0.4 is 10.5 Å². The fourth-order valence-corrected chi connectivity index (χ4v) is 2.39. The van der Waals surface area contributed by atoms with Crippen LogP contribution in [-0.2, 0) is 6.42 Å². The van der Waals surface area contributed by atoms with E-state index in [-0.39, 0.29) is 0 Å². The SMILES string of the molecule is C=C(N)C1CCCc2c(OC)cccc21. The van der Waals surface area contributed by atoms with Crippen molar-refractivity contribution >= 4 is 0 Å². The highest BCUT2D eigenvalue weighted by molar-refractivity contribution is 5.45. The van der Waals surface area contributed by atoms with Crippen molar-refractivity contribution in [1.29, 1.82) is 0 Å². The number of fused-ring (bicyclic) bond motifs is 1. The van der Waals surface area contributed by atoms with Gasteiger partial charge in [-0.25, -0.2) is 0 Å². The first-order chi connectivity index (χ1) is 7.24. The fraction of sp³-hybridized carbons (Fsp3) is 0.385. The molecule has 0 saturated heterocycles. The molecule has 0 fully saturated rings. The zero-order valence-electron chi connectivity index (χ0n) is 9.12. The number of hydrogen-bond acceptors (Lipinski definition) is 2. The van der Waals surface area contributed by atoms with Crippen LogP contribution in [0, 0.1) is 0 Å². The molecule has 0 heterocycles. The highest BCUT2D eigenvalue weighted by Gasteiger charge is 2.23. The van der Waals surface area contributed by atoms with Crippen molar-refractivity contribution in [3.63, 3.8) is 0 Å². The molecule has 2 nitrogen and oxygen atoms in total. The second kappa shape index (κ2) is 3.97. The van der Waals surface area contributed by atoms with Gasteiger partial charge in [0.2, 0.25) is 0 Å². The molecule has 0 spiro atoms. The lowest BCUT2D eigenvalue weighted by atomic mass is 9.81. The van der Waals surface area contributed by atoms with E-state index in [2.05, 4.69) is 12.6 Å². The minimum atomic E-state index is 0.309. The molecule has 0 amide bonds. The Balaban J connectivity index is 2.48. The third-order valence-electron chi connectivity index (χ3n) is 3.13. The van der Waals surface area contributed by atoms with Gasteiger partial charge in [-0.1, -0.05) is 18.7 Å². The number of benzene rings is 1. The third kappa shape index (κ3) is 1.72. The molecule has 15 heavy (non-hydrogen) atoms. The van der Waals surface area contributed by atoms with Gasteiger partial charge in [0, 0.05) is 11.6 Å². The molecule has 0 aliphatic heterocycles. The molecule has 2 N–H and O–H groups in total. The summed E-state index contributed by atoms with van der Waals surface area (Å²) in [6.45, 7) is 3.87. The Morgan fingerprint density at radius 3 is 3.00 bits per heavy atom. The Morgan fingerprint density at radius 1 is 1.53 bits per heavy atom. The summed E-state index contributed by atoms with van der Waals surface area (Å²) in [5.74, 6) is 1.29. The van der Waals surface area contributed by atoms with E-state index in [1.165, 1.54) is 11.1 Å². The van der Waals surface area contributed by atoms with Crippen LogP contribution >= 0.6 is 0 Å². The van der Waals surface area contributed by atoms with E-state index in [1.807, 2.05) is 12.1 Å². The second-order valence-corrected chi connectivity index (χ2v) is 4.05. The first-order valence-electron chi connectivity index (χ1n) is 5.34. The highest BCUT2D eigenvalue weighted by Crippen LogP contribution is 2.38. The van der Waals surface area contributed by atoms with E-state index in [9.17, 15) is 0 Å². The van der Waals surface area contributed by atoms with Crippen molar-refractivity contribution in [2.24, 2.45) is 5.73 Å². The van der Waals surface area contributed by atoms with Gasteiger partial charge in [0.1, 0.15) is 5.75 Å². The molecular weight excluding hydrogens is 186 g/mol. The summed E-state index contributed by atoms with van der Waals surface area (Å²) >= 11 is 0. The molecule has 0 saturated carbocycles. The van der Waals surface area contributed by atoms with E-state index in [4.69, 9.17) is 10.5 Å². The number of hydrogen-bond donors (Lipinski definition) is 1. The van der Waals surface area contributed by atoms with Crippen LogP contribution in [0.5, 0.6) is 5.75 Å². The standard InChI is InChI=1S/C13H17NO/c1-9(14)10-5-3-7-12-11(10)6-4-8-13(12)15-2/h4,6,8,10H,1,3,5,7,14H2,2H3. The molecule has 0 bridgehead atoms. The summed E-state index contributed by atoms with van der Waals surface area (Å²) < 4.78 is 5.37. The molecule has 1 aliphatic rings. The van der Waals surface area contributed by atoms with Crippen LogP contribution in [0.25, 0.3) is 0 Å². The largest absolute Gasteiger partial charge is 0.496 e. The lowest BCUT2D eigenvalue weighted by Crippen LogP contribution is -2.16. The Labute approximate surface area is 90.7 Å².